The molecule has 2 aromatic rings. The number of aryl methyl sites for hydroxylation is 1. The highest BCUT2D eigenvalue weighted by atomic mass is 32.2. The van der Waals surface area contributed by atoms with Crippen molar-refractivity contribution in [1.82, 2.24) is 10.3 Å². The minimum absolute atomic E-state index is 0.206. The molecule has 0 radical (unpaired) electrons. The summed E-state index contributed by atoms with van der Waals surface area (Å²) in [5.74, 6) is -0.206. The summed E-state index contributed by atoms with van der Waals surface area (Å²) in [5, 5.41) is 3.93. The molecule has 0 fully saturated rings. The van der Waals surface area contributed by atoms with Gasteiger partial charge in [0.2, 0.25) is 0 Å². The topological polar surface area (TPSA) is 24.9 Å². The second kappa shape index (κ2) is 5.98. The first-order valence-electron chi connectivity index (χ1n) is 5.73. The maximum Gasteiger partial charge on any atom is 0.137 e. The van der Waals surface area contributed by atoms with Crippen LogP contribution in [0.3, 0.4) is 0 Å². The van der Waals surface area contributed by atoms with Crippen LogP contribution >= 0.6 is 11.8 Å². The van der Waals surface area contributed by atoms with Gasteiger partial charge < -0.3 is 5.32 Å². The number of halogens is 1. The molecule has 0 aliphatic heterocycles. The van der Waals surface area contributed by atoms with E-state index in [1.807, 2.05) is 26.2 Å². The fourth-order valence-corrected chi connectivity index (χ4v) is 2.51. The SMILES string of the molecule is CNCc1cnc(Sc2ccccc2F)c(C)c1. The number of aromatic nitrogens is 1. The van der Waals surface area contributed by atoms with Gasteiger partial charge in [0.25, 0.3) is 0 Å². The molecule has 1 aromatic carbocycles. The van der Waals surface area contributed by atoms with Crippen LogP contribution < -0.4 is 5.32 Å². The molecule has 0 aliphatic carbocycles. The van der Waals surface area contributed by atoms with Crippen LogP contribution in [0.2, 0.25) is 0 Å². The van der Waals surface area contributed by atoms with Gasteiger partial charge in [0, 0.05) is 17.6 Å². The molecule has 0 saturated heterocycles. The van der Waals surface area contributed by atoms with Crippen molar-refractivity contribution in [3.8, 4) is 0 Å². The van der Waals surface area contributed by atoms with Gasteiger partial charge in [0.15, 0.2) is 0 Å². The Morgan fingerprint density at radius 2 is 2.11 bits per heavy atom. The molecule has 1 N–H and O–H groups in total. The molecule has 0 atom stereocenters. The van der Waals surface area contributed by atoms with E-state index in [1.165, 1.54) is 17.8 Å². The van der Waals surface area contributed by atoms with Crippen molar-refractivity contribution >= 4 is 11.8 Å². The van der Waals surface area contributed by atoms with E-state index < -0.39 is 0 Å². The molecule has 2 rings (SSSR count). The van der Waals surface area contributed by atoms with E-state index in [9.17, 15) is 4.39 Å². The second-order valence-corrected chi connectivity index (χ2v) is 5.06. The summed E-state index contributed by atoms with van der Waals surface area (Å²) in [6.07, 6.45) is 1.83. The highest BCUT2D eigenvalue weighted by Crippen LogP contribution is 2.30. The summed E-state index contributed by atoms with van der Waals surface area (Å²) in [5.41, 5.74) is 2.20. The van der Waals surface area contributed by atoms with Crippen molar-refractivity contribution < 1.29 is 4.39 Å². The van der Waals surface area contributed by atoms with Crippen LogP contribution in [0.5, 0.6) is 0 Å². The van der Waals surface area contributed by atoms with Crippen LogP contribution in [0.25, 0.3) is 0 Å². The Hall–Kier alpha value is -1.39. The molecule has 4 heteroatoms. The van der Waals surface area contributed by atoms with Crippen molar-refractivity contribution in [3.05, 3.63) is 53.5 Å². The van der Waals surface area contributed by atoms with Gasteiger partial charge in [-0.15, -0.1) is 0 Å². The lowest BCUT2D eigenvalue weighted by atomic mass is 10.2. The van der Waals surface area contributed by atoms with Gasteiger partial charge in [-0.3, -0.25) is 0 Å². The first-order chi connectivity index (χ1) is 8.70. The quantitative estimate of drug-likeness (QED) is 0.914. The standard InChI is InChI=1S/C14H15FN2S/c1-10-7-11(8-16-2)9-17-14(10)18-13-6-4-3-5-12(13)15/h3-7,9,16H,8H2,1-2H3. The van der Waals surface area contributed by atoms with E-state index in [0.29, 0.717) is 4.90 Å². The third-order valence-corrected chi connectivity index (χ3v) is 3.68. The first kappa shape index (κ1) is 13.1. The lowest BCUT2D eigenvalue weighted by Gasteiger charge is -2.07. The number of hydrogen-bond acceptors (Lipinski definition) is 3. The molecule has 1 heterocycles. The number of benzene rings is 1. The largest absolute Gasteiger partial charge is 0.316 e. The van der Waals surface area contributed by atoms with Crippen molar-refractivity contribution in [2.75, 3.05) is 7.05 Å². The fraction of sp³-hybridized carbons (Fsp3) is 0.214. The zero-order chi connectivity index (χ0) is 13.0. The Balaban J connectivity index is 2.22. The molecular formula is C14H15FN2S. The molecule has 0 bridgehead atoms. The maximum absolute atomic E-state index is 13.5. The first-order valence-corrected chi connectivity index (χ1v) is 6.55. The Morgan fingerprint density at radius 3 is 2.78 bits per heavy atom. The van der Waals surface area contributed by atoms with E-state index in [0.717, 1.165) is 22.7 Å². The number of rotatable bonds is 4. The Labute approximate surface area is 111 Å². The highest BCUT2D eigenvalue weighted by Gasteiger charge is 2.07. The Morgan fingerprint density at radius 1 is 1.33 bits per heavy atom. The van der Waals surface area contributed by atoms with Crippen LogP contribution in [0.15, 0.2) is 46.5 Å². The van der Waals surface area contributed by atoms with Crippen molar-refractivity contribution in [2.24, 2.45) is 0 Å². The Bertz CT molecular complexity index is 543. The fourth-order valence-electron chi connectivity index (χ4n) is 1.66. The van der Waals surface area contributed by atoms with Gasteiger partial charge in [-0.1, -0.05) is 30.0 Å². The summed E-state index contributed by atoms with van der Waals surface area (Å²) in [6.45, 7) is 2.79. The van der Waals surface area contributed by atoms with Crippen LogP contribution in [-0.4, -0.2) is 12.0 Å². The van der Waals surface area contributed by atoms with Crippen molar-refractivity contribution in [1.29, 1.82) is 0 Å². The molecular weight excluding hydrogens is 247 g/mol. The molecule has 18 heavy (non-hydrogen) atoms. The average Bonchev–Trinajstić information content (AvgIpc) is 2.35. The smallest absolute Gasteiger partial charge is 0.137 e. The Kier molecular flexibility index (Phi) is 4.33. The predicted molar refractivity (Wildman–Crippen MR) is 72.3 cm³/mol. The van der Waals surface area contributed by atoms with Crippen LogP contribution in [0, 0.1) is 12.7 Å². The molecule has 0 amide bonds. The van der Waals surface area contributed by atoms with Gasteiger partial charge in [-0.05, 0) is 37.2 Å². The van der Waals surface area contributed by atoms with Gasteiger partial charge in [0.1, 0.15) is 10.8 Å². The van der Waals surface area contributed by atoms with E-state index in [-0.39, 0.29) is 5.82 Å². The predicted octanol–water partition coefficient (Wildman–Crippen LogP) is 3.40. The van der Waals surface area contributed by atoms with Gasteiger partial charge in [-0.2, -0.15) is 0 Å². The number of nitrogens with zero attached hydrogens (tertiary/aromatic N) is 1. The average molecular weight is 262 g/mol. The van der Waals surface area contributed by atoms with Crippen molar-refractivity contribution in [2.45, 2.75) is 23.4 Å². The summed E-state index contributed by atoms with van der Waals surface area (Å²) in [6, 6.07) is 8.83. The monoisotopic (exact) mass is 262 g/mol. The van der Waals surface area contributed by atoms with Gasteiger partial charge >= 0.3 is 0 Å². The van der Waals surface area contributed by atoms with E-state index in [1.54, 1.807) is 12.1 Å². The molecule has 0 unspecified atom stereocenters. The zero-order valence-corrected chi connectivity index (χ0v) is 11.2. The number of nitrogens with one attached hydrogen (secondary N) is 1. The van der Waals surface area contributed by atoms with Gasteiger partial charge in [0.05, 0.1) is 0 Å². The summed E-state index contributed by atoms with van der Waals surface area (Å²) in [4.78, 5) is 5.00. The van der Waals surface area contributed by atoms with Gasteiger partial charge in [-0.25, -0.2) is 9.37 Å². The second-order valence-electron chi connectivity index (χ2n) is 4.03. The lowest BCUT2D eigenvalue weighted by molar-refractivity contribution is 0.602. The maximum atomic E-state index is 13.5. The molecule has 2 nitrogen and oxygen atoms in total. The normalized spacial score (nSPS) is 10.6. The number of pyridine rings is 1. The third kappa shape index (κ3) is 3.09. The van der Waals surface area contributed by atoms with Crippen LogP contribution in [0.4, 0.5) is 4.39 Å². The summed E-state index contributed by atoms with van der Waals surface area (Å²) < 4.78 is 13.5. The van der Waals surface area contributed by atoms with Crippen LogP contribution in [0.1, 0.15) is 11.1 Å². The zero-order valence-electron chi connectivity index (χ0n) is 10.4. The third-order valence-electron chi connectivity index (χ3n) is 2.51. The minimum atomic E-state index is -0.206. The molecule has 0 aliphatic rings. The van der Waals surface area contributed by atoms with E-state index >= 15 is 0 Å². The molecule has 94 valence electrons. The summed E-state index contributed by atoms with van der Waals surface area (Å²) in [7, 11) is 1.90. The van der Waals surface area contributed by atoms with Crippen molar-refractivity contribution in [3.63, 3.8) is 0 Å². The molecule has 0 saturated carbocycles. The van der Waals surface area contributed by atoms with E-state index in [2.05, 4.69) is 16.4 Å². The van der Waals surface area contributed by atoms with E-state index in [4.69, 9.17) is 0 Å². The highest BCUT2D eigenvalue weighted by molar-refractivity contribution is 7.99. The molecule has 1 aromatic heterocycles. The number of hydrogen-bond donors (Lipinski definition) is 1. The summed E-state index contributed by atoms with van der Waals surface area (Å²) >= 11 is 1.36. The van der Waals surface area contributed by atoms with Crippen LogP contribution in [-0.2, 0) is 6.54 Å². The lowest BCUT2D eigenvalue weighted by Crippen LogP contribution is -2.05. The minimum Gasteiger partial charge on any atom is -0.316 e. The molecule has 0 spiro atoms.